The number of ether oxygens (including phenoxy) is 1. The number of carbonyl (C=O) groups excluding carboxylic acids is 6. The molecular weight excluding hydrogens is 761 g/mol. The van der Waals surface area contributed by atoms with Gasteiger partial charge in [0.05, 0.1) is 18.4 Å². The molecule has 0 spiro atoms. The van der Waals surface area contributed by atoms with Crippen LogP contribution in [0.2, 0.25) is 0 Å². The average molecular weight is 821 g/mol. The molecule has 3 aromatic rings. The molecule has 2 aliphatic carbocycles. The Morgan fingerprint density at radius 1 is 0.650 bits per heavy atom. The number of hydrogen-bond donors (Lipinski definition) is 5. The maximum absolute atomic E-state index is 13.9. The first-order valence-electron chi connectivity index (χ1n) is 21.8. The number of rotatable bonds is 21. The molecule has 3 fully saturated rings. The highest BCUT2D eigenvalue weighted by Gasteiger charge is 2.49. The van der Waals surface area contributed by atoms with Crippen LogP contribution in [0.25, 0.3) is 0 Å². The Bertz CT molecular complexity index is 1850. The van der Waals surface area contributed by atoms with Crippen LogP contribution >= 0.6 is 0 Å². The lowest BCUT2D eigenvalue weighted by molar-refractivity contribution is -0.133. The molecule has 320 valence electrons. The van der Waals surface area contributed by atoms with Gasteiger partial charge < -0.3 is 36.2 Å². The number of alkyl carbamates (subject to hydrolysis) is 1. The first kappa shape index (κ1) is 43.8. The SMILES string of the molecule is CCCCCCCCCOC(=O)N[C@@H](CNC(=O)c1ccc(C(=O)N2C[C@@H](C(=O)N[C@H]3C[C@@H]3c3ccccc3)[C@H](C(=O)N[C@H]3C[C@@H]3c3ccccc3)C2)cc1)C(=O)NCC. The van der Waals surface area contributed by atoms with Gasteiger partial charge in [-0.05, 0) is 61.6 Å². The molecule has 7 atom stereocenters. The average Bonchev–Trinajstić information content (AvgIpc) is 4.18. The predicted octanol–water partition coefficient (Wildman–Crippen LogP) is 5.43. The van der Waals surface area contributed by atoms with Crippen LogP contribution in [0.15, 0.2) is 84.9 Å². The summed E-state index contributed by atoms with van der Waals surface area (Å²) < 4.78 is 5.29. The quantitative estimate of drug-likeness (QED) is 0.0891. The molecule has 0 aromatic heterocycles. The fourth-order valence-electron chi connectivity index (χ4n) is 8.09. The van der Waals surface area contributed by atoms with Crippen molar-refractivity contribution in [2.75, 3.05) is 32.8 Å². The van der Waals surface area contributed by atoms with Crippen molar-refractivity contribution in [3.8, 4) is 0 Å². The molecule has 6 amide bonds. The summed E-state index contributed by atoms with van der Waals surface area (Å²) in [5.41, 5.74) is 2.86. The number of amides is 6. The van der Waals surface area contributed by atoms with E-state index in [0.29, 0.717) is 12.1 Å². The minimum absolute atomic E-state index is 0.0291. The zero-order valence-corrected chi connectivity index (χ0v) is 34.8. The van der Waals surface area contributed by atoms with Gasteiger partial charge in [-0.3, -0.25) is 24.0 Å². The summed E-state index contributed by atoms with van der Waals surface area (Å²) in [5, 5.41) is 14.2. The van der Waals surface area contributed by atoms with Crippen molar-refractivity contribution in [3.05, 3.63) is 107 Å². The summed E-state index contributed by atoms with van der Waals surface area (Å²) in [7, 11) is 0. The van der Waals surface area contributed by atoms with Gasteiger partial charge in [-0.25, -0.2) is 4.79 Å². The largest absolute Gasteiger partial charge is 0.450 e. The first-order chi connectivity index (χ1) is 29.2. The van der Waals surface area contributed by atoms with Gasteiger partial charge in [0.1, 0.15) is 6.04 Å². The number of hydrogen-bond acceptors (Lipinski definition) is 7. The summed E-state index contributed by atoms with van der Waals surface area (Å²) >= 11 is 0. The van der Waals surface area contributed by atoms with Gasteiger partial charge in [0.2, 0.25) is 17.7 Å². The van der Waals surface area contributed by atoms with Crippen molar-refractivity contribution in [1.29, 1.82) is 0 Å². The number of unbranched alkanes of at least 4 members (excludes halogenated alkanes) is 6. The Morgan fingerprint density at radius 2 is 1.17 bits per heavy atom. The van der Waals surface area contributed by atoms with E-state index in [9.17, 15) is 28.8 Å². The lowest BCUT2D eigenvalue weighted by Gasteiger charge is -2.19. The van der Waals surface area contributed by atoms with Gasteiger partial charge in [-0.1, -0.05) is 106 Å². The highest BCUT2D eigenvalue weighted by molar-refractivity contribution is 5.99. The van der Waals surface area contributed by atoms with E-state index >= 15 is 0 Å². The number of carbonyl (C=O) groups is 6. The molecule has 3 aromatic carbocycles. The molecule has 0 unspecified atom stereocenters. The second-order valence-electron chi connectivity index (χ2n) is 16.3. The van der Waals surface area contributed by atoms with Gasteiger partial charge in [-0.2, -0.15) is 0 Å². The molecule has 2 saturated carbocycles. The topological polar surface area (TPSA) is 175 Å². The van der Waals surface area contributed by atoms with Crippen molar-refractivity contribution in [2.24, 2.45) is 11.8 Å². The van der Waals surface area contributed by atoms with Crippen molar-refractivity contribution < 1.29 is 33.5 Å². The van der Waals surface area contributed by atoms with E-state index in [0.717, 1.165) is 49.7 Å². The van der Waals surface area contributed by atoms with Crippen LogP contribution in [-0.4, -0.2) is 91.4 Å². The van der Waals surface area contributed by atoms with Crippen LogP contribution in [0.5, 0.6) is 0 Å². The molecule has 13 heteroatoms. The maximum atomic E-state index is 13.9. The second kappa shape index (κ2) is 21.5. The number of benzene rings is 3. The van der Waals surface area contributed by atoms with Crippen LogP contribution in [0.4, 0.5) is 4.79 Å². The van der Waals surface area contributed by atoms with Gasteiger partial charge in [0.15, 0.2) is 0 Å². The van der Waals surface area contributed by atoms with Gasteiger partial charge in [0, 0.05) is 61.2 Å². The molecule has 0 bridgehead atoms. The Labute approximate surface area is 353 Å². The van der Waals surface area contributed by atoms with E-state index in [1.54, 1.807) is 11.8 Å². The van der Waals surface area contributed by atoms with E-state index in [4.69, 9.17) is 4.74 Å². The number of likely N-dealkylation sites (tertiary alicyclic amines) is 1. The van der Waals surface area contributed by atoms with E-state index in [1.165, 1.54) is 43.5 Å². The Morgan fingerprint density at radius 3 is 1.70 bits per heavy atom. The van der Waals surface area contributed by atoms with Crippen molar-refractivity contribution in [2.45, 2.75) is 102 Å². The van der Waals surface area contributed by atoms with Crippen molar-refractivity contribution in [1.82, 2.24) is 31.5 Å². The highest BCUT2D eigenvalue weighted by atomic mass is 16.5. The van der Waals surface area contributed by atoms with Crippen LogP contribution < -0.4 is 26.6 Å². The lowest BCUT2D eigenvalue weighted by Crippen LogP contribution is -2.52. The smallest absolute Gasteiger partial charge is 0.407 e. The monoisotopic (exact) mass is 820 g/mol. The van der Waals surface area contributed by atoms with Crippen LogP contribution in [0.3, 0.4) is 0 Å². The fourth-order valence-corrected chi connectivity index (χ4v) is 8.09. The van der Waals surface area contributed by atoms with Crippen LogP contribution in [0, 0.1) is 11.8 Å². The minimum Gasteiger partial charge on any atom is -0.450 e. The van der Waals surface area contributed by atoms with Gasteiger partial charge in [-0.15, -0.1) is 0 Å². The van der Waals surface area contributed by atoms with Gasteiger partial charge >= 0.3 is 6.09 Å². The van der Waals surface area contributed by atoms with Crippen LogP contribution in [-0.2, 0) is 19.1 Å². The molecular formula is C47H60N6O7. The van der Waals surface area contributed by atoms with E-state index < -0.39 is 35.8 Å². The molecule has 5 N–H and O–H groups in total. The third-order valence-electron chi connectivity index (χ3n) is 11.8. The molecule has 13 nitrogen and oxygen atoms in total. The summed E-state index contributed by atoms with van der Waals surface area (Å²) in [4.78, 5) is 81.5. The Balaban J connectivity index is 1.03. The normalized spacial score (nSPS) is 21.9. The number of likely N-dealkylation sites (N-methyl/N-ethyl adjacent to an activating group) is 1. The van der Waals surface area contributed by atoms with E-state index in [2.05, 4.69) is 33.5 Å². The molecule has 1 heterocycles. The fraction of sp³-hybridized carbons (Fsp3) is 0.489. The molecule has 60 heavy (non-hydrogen) atoms. The predicted molar refractivity (Wildman–Crippen MR) is 228 cm³/mol. The second-order valence-corrected chi connectivity index (χ2v) is 16.3. The molecule has 1 aliphatic heterocycles. The Hall–Kier alpha value is -5.72. The molecule has 1 saturated heterocycles. The van der Waals surface area contributed by atoms with Crippen LogP contribution in [0.1, 0.15) is 115 Å². The van der Waals surface area contributed by atoms with Gasteiger partial charge in [0.25, 0.3) is 11.8 Å². The Kier molecular flexibility index (Phi) is 15.7. The third-order valence-corrected chi connectivity index (χ3v) is 11.8. The first-order valence-corrected chi connectivity index (χ1v) is 21.8. The summed E-state index contributed by atoms with van der Waals surface area (Å²) in [5.74, 6) is -2.82. The number of nitrogens with one attached hydrogen (secondary N) is 5. The summed E-state index contributed by atoms with van der Waals surface area (Å²) in [6.07, 6.45) is 8.44. The van der Waals surface area contributed by atoms with Crippen molar-refractivity contribution >= 4 is 35.6 Å². The summed E-state index contributed by atoms with van der Waals surface area (Å²) in [6, 6.07) is 25.0. The van der Waals surface area contributed by atoms with E-state index in [1.807, 2.05) is 60.7 Å². The third kappa shape index (κ3) is 12.2. The highest BCUT2D eigenvalue weighted by Crippen LogP contribution is 2.42. The maximum Gasteiger partial charge on any atom is 0.407 e. The lowest BCUT2D eigenvalue weighted by atomic mass is 9.94. The molecule has 3 aliphatic rings. The summed E-state index contributed by atoms with van der Waals surface area (Å²) in [6.45, 7) is 4.49. The molecule has 6 rings (SSSR count). The molecule has 0 radical (unpaired) electrons. The standard InChI is InChI=1S/C47H60N6O7/c1-3-5-6-7-8-9-16-25-60-47(59)52-41(45(57)48-4-2)28-49-42(54)33-21-23-34(24-22-33)46(58)53-29-37(43(55)50-39-26-35(39)31-17-12-10-13-18-31)38(30-53)44(56)51-40-27-36(40)32-19-14-11-15-20-32/h10-15,17-24,35-41H,3-9,16,25-30H2,1-2H3,(H,48,57)(H,49,54)(H,50,55)(H,51,56)(H,52,59)/t35-,36-,37-,38-,39+,40+,41+/m1/s1. The zero-order chi connectivity index (χ0) is 42.4. The number of nitrogens with zero attached hydrogens (tertiary/aromatic N) is 1. The zero-order valence-electron chi connectivity index (χ0n) is 34.8. The van der Waals surface area contributed by atoms with E-state index in [-0.39, 0.29) is 73.4 Å². The minimum atomic E-state index is -1.06. The van der Waals surface area contributed by atoms with Crippen molar-refractivity contribution in [3.63, 3.8) is 0 Å².